The highest BCUT2D eigenvalue weighted by molar-refractivity contribution is 9.10. The molecule has 3 rings (SSSR count). The van der Waals surface area contributed by atoms with Crippen molar-refractivity contribution in [1.82, 2.24) is 10.2 Å². The minimum absolute atomic E-state index is 0.446. The third kappa shape index (κ3) is 3.14. The Morgan fingerprint density at radius 3 is 2.95 bits per heavy atom. The largest absolute Gasteiger partial charge is 0.490 e. The van der Waals surface area contributed by atoms with Crippen molar-refractivity contribution in [1.29, 1.82) is 0 Å². The van der Waals surface area contributed by atoms with Crippen LogP contribution >= 0.6 is 27.5 Å². The van der Waals surface area contributed by atoms with Gasteiger partial charge in [0, 0.05) is 36.2 Å². The van der Waals surface area contributed by atoms with Crippen LogP contribution in [0.2, 0.25) is 5.02 Å². The predicted octanol–water partition coefficient (Wildman–Crippen LogP) is 3.60. The highest BCUT2D eigenvalue weighted by Gasteiger charge is 2.28. The van der Waals surface area contributed by atoms with Gasteiger partial charge in [-0.3, -0.25) is 4.90 Å². The van der Waals surface area contributed by atoms with Gasteiger partial charge in [-0.1, -0.05) is 25.4 Å². The molecule has 1 aromatic rings. The second-order valence-electron chi connectivity index (χ2n) is 4.95. The molecule has 1 N–H and O–H groups in total. The molecule has 0 radical (unpaired) electrons. The molecule has 0 saturated carbocycles. The number of halogens is 2. The first-order valence-electron chi connectivity index (χ1n) is 7.22. The number of nitrogens with zero attached hydrogens (tertiary/aromatic N) is 1. The fourth-order valence-corrected chi connectivity index (χ4v) is 3.27. The summed E-state index contributed by atoms with van der Waals surface area (Å²) >= 11 is 9.90. The van der Waals surface area contributed by atoms with Crippen molar-refractivity contribution >= 4 is 27.5 Å². The second kappa shape index (κ2) is 7.12. The van der Waals surface area contributed by atoms with E-state index >= 15 is 0 Å². The lowest BCUT2D eigenvalue weighted by molar-refractivity contribution is 0.120. The van der Waals surface area contributed by atoms with Crippen LogP contribution in [0.3, 0.4) is 0 Å². The smallest absolute Gasteiger partial charge is 0.143 e. The van der Waals surface area contributed by atoms with Gasteiger partial charge in [0.1, 0.15) is 12.4 Å². The summed E-state index contributed by atoms with van der Waals surface area (Å²) in [4.78, 5) is 2.48. The number of hydrogen-bond acceptors (Lipinski definition) is 3. The van der Waals surface area contributed by atoms with E-state index in [4.69, 9.17) is 16.3 Å². The summed E-state index contributed by atoms with van der Waals surface area (Å²) in [5.41, 5.74) is 2.36. The summed E-state index contributed by atoms with van der Waals surface area (Å²) in [5.74, 6) is 0.851. The van der Waals surface area contributed by atoms with Gasteiger partial charge in [0.15, 0.2) is 0 Å². The molecule has 1 unspecified atom stereocenters. The van der Waals surface area contributed by atoms with Gasteiger partial charge in [-0.25, -0.2) is 0 Å². The molecule has 112 valence electrons. The van der Waals surface area contributed by atoms with E-state index < -0.39 is 0 Å². The van der Waals surface area contributed by atoms with E-state index in [1.165, 1.54) is 5.56 Å². The Balaban J connectivity index is 0.000000704. The van der Waals surface area contributed by atoms with Crippen molar-refractivity contribution in [2.75, 3.05) is 26.2 Å². The van der Waals surface area contributed by atoms with E-state index in [0.29, 0.717) is 17.7 Å². The zero-order valence-corrected chi connectivity index (χ0v) is 14.6. The lowest BCUT2D eigenvalue weighted by Gasteiger charge is -2.33. The second-order valence-corrected chi connectivity index (χ2v) is 6.12. The molecule has 1 saturated heterocycles. The number of aryl methyl sites for hydroxylation is 1. The standard InChI is InChI=1S/C13H16BrClN2O.C2H6/c1-8-4-9-6-17-3-2-16-5-10(17)7-18-13(9)12(15)11(8)14;1-2/h4,10,16H,2-3,5-7H2,1H3;1-2H3. The molecule has 5 heteroatoms. The summed E-state index contributed by atoms with van der Waals surface area (Å²) in [6, 6.07) is 2.62. The molecule has 2 heterocycles. The molecular formula is C15H22BrClN2O. The van der Waals surface area contributed by atoms with Crippen molar-refractivity contribution in [2.45, 2.75) is 33.4 Å². The first-order valence-corrected chi connectivity index (χ1v) is 8.39. The summed E-state index contributed by atoms with van der Waals surface area (Å²) in [5, 5.41) is 4.12. The SMILES string of the molecule is CC.Cc1cc2c(c(Cl)c1Br)OCC1CNCCN1C2. The van der Waals surface area contributed by atoms with Crippen LogP contribution in [-0.4, -0.2) is 37.2 Å². The summed E-state index contributed by atoms with van der Waals surface area (Å²) < 4.78 is 6.89. The minimum Gasteiger partial charge on any atom is -0.490 e. The molecule has 2 aliphatic heterocycles. The molecule has 0 amide bonds. The zero-order valence-electron chi connectivity index (χ0n) is 12.3. The molecule has 2 aliphatic rings. The number of rotatable bonds is 0. The molecule has 0 spiro atoms. The van der Waals surface area contributed by atoms with Gasteiger partial charge >= 0.3 is 0 Å². The fourth-order valence-electron chi connectivity index (χ4n) is 2.65. The first-order chi connectivity index (χ1) is 9.66. The molecule has 3 nitrogen and oxygen atoms in total. The molecule has 1 aromatic carbocycles. The minimum atomic E-state index is 0.446. The molecule has 0 bridgehead atoms. The van der Waals surface area contributed by atoms with Crippen LogP contribution < -0.4 is 10.1 Å². The van der Waals surface area contributed by atoms with Crippen LogP contribution in [0.4, 0.5) is 0 Å². The number of fused-ring (bicyclic) bond motifs is 2. The van der Waals surface area contributed by atoms with E-state index in [1.807, 2.05) is 13.8 Å². The third-order valence-electron chi connectivity index (χ3n) is 3.69. The Labute approximate surface area is 134 Å². The maximum atomic E-state index is 6.38. The van der Waals surface area contributed by atoms with Crippen LogP contribution in [-0.2, 0) is 6.54 Å². The van der Waals surface area contributed by atoms with Crippen molar-refractivity contribution in [3.63, 3.8) is 0 Å². The van der Waals surface area contributed by atoms with Crippen molar-refractivity contribution in [3.8, 4) is 5.75 Å². The summed E-state index contributed by atoms with van der Waals surface area (Å²) in [7, 11) is 0. The predicted molar refractivity (Wildman–Crippen MR) is 87.8 cm³/mol. The third-order valence-corrected chi connectivity index (χ3v) is 5.30. The van der Waals surface area contributed by atoms with E-state index in [9.17, 15) is 0 Å². The van der Waals surface area contributed by atoms with E-state index in [1.54, 1.807) is 0 Å². The van der Waals surface area contributed by atoms with Gasteiger partial charge in [-0.2, -0.15) is 0 Å². The lowest BCUT2D eigenvalue weighted by atomic mass is 10.1. The van der Waals surface area contributed by atoms with Gasteiger partial charge in [-0.15, -0.1) is 0 Å². The quantitative estimate of drug-likeness (QED) is 0.764. The molecule has 0 aliphatic carbocycles. The van der Waals surface area contributed by atoms with Gasteiger partial charge in [0.25, 0.3) is 0 Å². The first kappa shape index (κ1) is 16.1. The zero-order chi connectivity index (χ0) is 14.7. The Bertz CT molecular complexity index is 481. The van der Waals surface area contributed by atoms with E-state index in [-0.39, 0.29) is 0 Å². The topological polar surface area (TPSA) is 24.5 Å². The van der Waals surface area contributed by atoms with Crippen LogP contribution in [0.1, 0.15) is 25.0 Å². The number of benzene rings is 1. The maximum Gasteiger partial charge on any atom is 0.143 e. The van der Waals surface area contributed by atoms with Gasteiger partial charge in [-0.05, 0) is 34.5 Å². The molecule has 20 heavy (non-hydrogen) atoms. The van der Waals surface area contributed by atoms with Crippen molar-refractivity contribution < 1.29 is 4.74 Å². The number of hydrogen-bond donors (Lipinski definition) is 1. The highest BCUT2D eigenvalue weighted by Crippen LogP contribution is 2.40. The Kier molecular flexibility index (Phi) is 5.73. The number of ether oxygens (including phenoxy) is 1. The van der Waals surface area contributed by atoms with Crippen LogP contribution in [0.25, 0.3) is 0 Å². The average Bonchev–Trinajstić information content (AvgIpc) is 2.66. The van der Waals surface area contributed by atoms with Gasteiger partial charge in [0.2, 0.25) is 0 Å². The molecule has 1 fully saturated rings. The van der Waals surface area contributed by atoms with Crippen LogP contribution in [0.5, 0.6) is 5.75 Å². The molecule has 0 aromatic heterocycles. The van der Waals surface area contributed by atoms with E-state index in [0.717, 1.165) is 42.0 Å². The lowest BCUT2D eigenvalue weighted by Crippen LogP contribution is -2.52. The Morgan fingerprint density at radius 2 is 2.20 bits per heavy atom. The van der Waals surface area contributed by atoms with Gasteiger partial charge in [0.05, 0.1) is 11.1 Å². The summed E-state index contributed by atoms with van der Waals surface area (Å²) in [6.45, 7) is 10.8. The Morgan fingerprint density at radius 1 is 1.45 bits per heavy atom. The van der Waals surface area contributed by atoms with Crippen molar-refractivity contribution in [3.05, 3.63) is 26.7 Å². The highest BCUT2D eigenvalue weighted by atomic mass is 79.9. The summed E-state index contributed by atoms with van der Waals surface area (Å²) in [6.07, 6.45) is 0. The molecular weight excluding hydrogens is 340 g/mol. The molecule has 1 atom stereocenters. The van der Waals surface area contributed by atoms with Crippen LogP contribution in [0.15, 0.2) is 10.5 Å². The Hall–Kier alpha value is -0.290. The number of nitrogens with one attached hydrogen (secondary N) is 1. The van der Waals surface area contributed by atoms with Gasteiger partial charge < -0.3 is 10.1 Å². The normalized spacial score (nSPS) is 21.8. The monoisotopic (exact) mass is 360 g/mol. The number of piperazine rings is 1. The average molecular weight is 362 g/mol. The van der Waals surface area contributed by atoms with Crippen LogP contribution in [0, 0.1) is 6.92 Å². The maximum absolute atomic E-state index is 6.38. The fraction of sp³-hybridized carbons (Fsp3) is 0.600. The van der Waals surface area contributed by atoms with Crippen molar-refractivity contribution in [2.24, 2.45) is 0 Å². The van der Waals surface area contributed by atoms with E-state index in [2.05, 4.69) is 39.1 Å².